The highest BCUT2D eigenvalue weighted by molar-refractivity contribution is 6.30. The van der Waals surface area contributed by atoms with Crippen molar-refractivity contribution in [3.63, 3.8) is 0 Å². The molecule has 3 N–H and O–H groups in total. The first kappa shape index (κ1) is 13.8. The number of benzene rings is 1. The highest BCUT2D eigenvalue weighted by Crippen LogP contribution is 2.12. The zero-order valence-corrected chi connectivity index (χ0v) is 10.7. The summed E-state index contributed by atoms with van der Waals surface area (Å²) in [5, 5.41) is 9.34. The Morgan fingerprint density at radius 1 is 1.18 bits per heavy atom. The summed E-state index contributed by atoms with van der Waals surface area (Å²) in [5.74, 6) is 0. The molecule has 94 valence electrons. The molecule has 1 aromatic carbocycles. The third-order valence-corrected chi connectivity index (χ3v) is 2.37. The SMILES string of the molecule is CCCNCCNC(=O)Nc1ccc(Cl)cc1. The van der Waals surface area contributed by atoms with E-state index >= 15 is 0 Å². The molecule has 0 spiro atoms. The topological polar surface area (TPSA) is 53.2 Å². The lowest BCUT2D eigenvalue weighted by Crippen LogP contribution is -2.34. The van der Waals surface area contributed by atoms with E-state index in [0.29, 0.717) is 11.6 Å². The minimum absolute atomic E-state index is 0.203. The minimum Gasteiger partial charge on any atom is -0.337 e. The van der Waals surface area contributed by atoms with Crippen LogP contribution in [-0.2, 0) is 0 Å². The van der Waals surface area contributed by atoms with Crippen molar-refractivity contribution in [2.75, 3.05) is 25.0 Å². The number of anilines is 1. The van der Waals surface area contributed by atoms with Gasteiger partial charge in [0.05, 0.1) is 0 Å². The second-order valence-electron chi connectivity index (χ2n) is 3.64. The molecule has 1 rings (SSSR count). The van der Waals surface area contributed by atoms with Crippen LogP contribution >= 0.6 is 11.6 Å². The molecule has 0 saturated carbocycles. The molecule has 4 nitrogen and oxygen atoms in total. The van der Waals surface area contributed by atoms with Gasteiger partial charge in [0, 0.05) is 23.8 Å². The van der Waals surface area contributed by atoms with E-state index in [2.05, 4.69) is 22.9 Å². The fraction of sp³-hybridized carbons (Fsp3) is 0.417. The summed E-state index contributed by atoms with van der Waals surface area (Å²) in [4.78, 5) is 11.4. The van der Waals surface area contributed by atoms with Gasteiger partial charge >= 0.3 is 6.03 Å². The molecule has 5 heteroatoms. The van der Waals surface area contributed by atoms with Crippen LogP contribution in [0.4, 0.5) is 10.5 Å². The van der Waals surface area contributed by atoms with Gasteiger partial charge in [-0.25, -0.2) is 4.79 Å². The van der Waals surface area contributed by atoms with Crippen LogP contribution < -0.4 is 16.0 Å². The summed E-state index contributed by atoms with van der Waals surface area (Å²) < 4.78 is 0. The monoisotopic (exact) mass is 255 g/mol. The lowest BCUT2D eigenvalue weighted by Gasteiger charge is -2.08. The largest absolute Gasteiger partial charge is 0.337 e. The average Bonchev–Trinajstić information content (AvgIpc) is 2.32. The Kier molecular flexibility index (Phi) is 6.43. The second-order valence-corrected chi connectivity index (χ2v) is 4.07. The first-order valence-electron chi connectivity index (χ1n) is 5.73. The van der Waals surface area contributed by atoms with Crippen molar-refractivity contribution in [3.05, 3.63) is 29.3 Å². The van der Waals surface area contributed by atoms with Gasteiger partial charge in [-0.2, -0.15) is 0 Å². The first-order valence-corrected chi connectivity index (χ1v) is 6.11. The van der Waals surface area contributed by atoms with Crippen LogP contribution in [0.1, 0.15) is 13.3 Å². The fourth-order valence-electron chi connectivity index (χ4n) is 1.27. The molecule has 0 aromatic heterocycles. The van der Waals surface area contributed by atoms with Gasteiger partial charge in [-0.15, -0.1) is 0 Å². The molecule has 0 saturated heterocycles. The van der Waals surface area contributed by atoms with Gasteiger partial charge in [-0.3, -0.25) is 0 Å². The first-order chi connectivity index (χ1) is 8.22. The number of halogens is 1. The normalized spacial score (nSPS) is 10.0. The number of carbonyl (C=O) groups excluding carboxylic acids is 1. The predicted molar refractivity (Wildman–Crippen MR) is 71.6 cm³/mol. The zero-order chi connectivity index (χ0) is 12.5. The summed E-state index contributed by atoms with van der Waals surface area (Å²) in [6, 6.07) is 6.79. The Hall–Kier alpha value is -1.26. The molecule has 0 aliphatic heterocycles. The highest BCUT2D eigenvalue weighted by Gasteiger charge is 1.99. The molecule has 0 heterocycles. The number of hydrogen-bond acceptors (Lipinski definition) is 2. The Morgan fingerprint density at radius 2 is 1.88 bits per heavy atom. The molecule has 2 amide bonds. The number of nitrogens with one attached hydrogen (secondary N) is 3. The molecule has 0 aliphatic rings. The van der Waals surface area contributed by atoms with E-state index < -0.39 is 0 Å². The smallest absolute Gasteiger partial charge is 0.319 e. The molecule has 0 aliphatic carbocycles. The Bertz CT molecular complexity index is 340. The lowest BCUT2D eigenvalue weighted by atomic mass is 10.3. The number of amides is 2. The summed E-state index contributed by atoms with van der Waals surface area (Å²) in [6.07, 6.45) is 1.09. The van der Waals surface area contributed by atoms with Gasteiger partial charge in [0.2, 0.25) is 0 Å². The van der Waals surface area contributed by atoms with Gasteiger partial charge < -0.3 is 16.0 Å². The van der Waals surface area contributed by atoms with Crippen molar-refractivity contribution >= 4 is 23.3 Å². The molecule has 17 heavy (non-hydrogen) atoms. The standard InChI is InChI=1S/C12H18ClN3O/c1-2-7-14-8-9-15-12(17)16-11-5-3-10(13)4-6-11/h3-6,14H,2,7-9H2,1H3,(H2,15,16,17). The van der Waals surface area contributed by atoms with Crippen LogP contribution in [0.15, 0.2) is 24.3 Å². The van der Waals surface area contributed by atoms with Gasteiger partial charge in [0.25, 0.3) is 0 Å². The third-order valence-electron chi connectivity index (χ3n) is 2.12. The Labute approximate surface area is 107 Å². The maximum absolute atomic E-state index is 11.4. The lowest BCUT2D eigenvalue weighted by molar-refractivity contribution is 0.252. The second kappa shape index (κ2) is 7.92. The van der Waals surface area contributed by atoms with E-state index in [-0.39, 0.29) is 6.03 Å². The van der Waals surface area contributed by atoms with E-state index in [1.807, 2.05) is 0 Å². The van der Waals surface area contributed by atoms with Crippen LogP contribution in [0, 0.1) is 0 Å². The molecule has 0 radical (unpaired) electrons. The predicted octanol–water partition coefficient (Wildman–Crippen LogP) is 2.46. The third kappa shape index (κ3) is 6.14. The van der Waals surface area contributed by atoms with E-state index in [9.17, 15) is 4.79 Å². The number of carbonyl (C=O) groups is 1. The van der Waals surface area contributed by atoms with Crippen LogP contribution in [0.2, 0.25) is 5.02 Å². The molecule has 1 aromatic rings. The summed E-state index contributed by atoms with van der Waals surface area (Å²) in [6.45, 7) is 4.47. The highest BCUT2D eigenvalue weighted by atomic mass is 35.5. The molecule has 0 fully saturated rings. The van der Waals surface area contributed by atoms with Crippen molar-refractivity contribution < 1.29 is 4.79 Å². The van der Waals surface area contributed by atoms with Crippen molar-refractivity contribution in [1.29, 1.82) is 0 Å². The van der Waals surface area contributed by atoms with Crippen LogP contribution in [-0.4, -0.2) is 25.7 Å². The summed E-state index contributed by atoms with van der Waals surface area (Å²) in [5.41, 5.74) is 0.730. The Morgan fingerprint density at radius 3 is 2.53 bits per heavy atom. The van der Waals surface area contributed by atoms with Crippen LogP contribution in [0.3, 0.4) is 0 Å². The quantitative estimate of drug-likeness (QED) is 0.684. The maximum Gasteiger partial charge on any atom is 0.319 e. The fourth-order valence-corrected chi connectivity index (χ4v) is 1.40. The van der Waals surface area contributed by atoms with Crippen LogP contribution in [0.5, 0.6) is 0 Å². The van der Waals surface area contributed by atoms with Gasteiger partial charge in [0.1, 0.15) is 0 Å². The summed E-state index contributed by atoms with van der Waals surface area (Å²) >= 11 is 5.74. The van der Waals surface area contributed by atoms with Gasteiger partial charge in [-0.1, -0.05) is 18.5 Å². The Balaban J connectivity index is 2.18. The van der Waals surface area contributed by atoms with Gasteiger partial charge in [0.15, 0.2) is 0 Å². The molecular weight excluding hydrogens is 238 g/mol. The molecule has 0 atom stereocenters. The molecule has 0 bridgehead atoms. The number of urea groups is 1. The molecule has 0 unspecified atom stereocenters. The van der Waals surface area contributed by atoms with Crippen molar-refractivity contribution in [1.82, 2.24) is 10.6 Å². The molecular formula is C12H18ClN3O. The van der Waals surface area contributed by atoms with E-state index in [1.165, 1.54) is 0 Å². The number of rotatable bonds is 6. The van der Waals surface area contributed by atoms with Crippen molar-refractivity contribution in [2.24, 2.45) is 0 Å². The van der Waals surface area contributed by atoms with Gasteiger partial charge in [-0.05, 0) is 37.2 Å². The zero-order valence-electron chi connectivity index (χ0n) is 9.92. The minimum atomic E-state index is -0.203. The van der Waals surface area contributed by atoms with E-state index in [0.717, 1.165) is 25.2 Å². The van der Waals surface area contributed by atoms with Crippen molar-refractivity contribution in [3.8, 4) is 0 Å². The number of hydrogen-bond donors (Lipinski definition) is 3. The average molecular weight is 256 g/mol. The van der Waals surface area contributed by atoms with E-state index in [4.69, 9.17) is 11.6 Å². The summed E-state index contributed by atoms with van der Waals surface area (Å²) in [7, 11) is 0. The van der Waals surface area contributed by atoms with E-state index in [1.54, 1.807) is 24.3 Å². The van der Waals surface area contributed by atoms with Crippen molar-refractivity contribution in [2.45, 2.75) is 13.3 Å². The van der Waals surface area contributed by atoms with Crippen LogP contribution in [0.25, 0.3) is 0 Å². The maximum atomic E-state index is 11.4.